The number of rotatable bonds is 2. The molecular weight excluding hydrogens is 211 g/mol. The highest BCUT2D eigenvalue weighted by atomic mass is 16.7. The smallest absolute Gasteiger partial charge is 0.400 e. The van der Waals surface area contributed by atoms with E-state index in [4.69, 9.17) is 9.31 Å². The lowest BCUT2D eigenvalue weighted by Crippen LogP contribution is -2.41. The Kier molecular flexibility index (Phi) is 3.26. The second-order valence-electron chi connectivity index (χ2n) is 6.13. The first-order chi connectivity index (χ1) is 7.83. The molecule has 0 aromatic heterocycles. The van der Waals surface area contributed by atoms with Gasteiger partial charge in [0.1, 0.15) is 0 Å². The molecule has 0 bridgehead atoms. The quantitative estimate of drug-likeness (QED) is 0.537. The predicted molar refractivity (Wildman–Crippen MR) is 71.7 cm³/mol. The fraction of sp³-hybridized carbons (Fsp3) is 0.714. The normalized spacial score (nSPS) is 30.6. The molecule has 0 N–H and O–H groups in total. The molecule has 2 nitrogen and oxygen atoms in total. The van der Waals surface area contributed by atoms with E-state index in [1.54, 1.807) is 0 Å². The third-order valence-electron chi connectivity index (χ3n) is 4.29. The summed E-state index contributed by atoms with van der Waals surface area (Å²) < 4.78 is 12.0. The van der Waals surface area contributed by atoms with Crippen LogP contribution in [0.4, 0.5) is 0 Å². The van der Waals surface area contributed by atoms with Gasteiger partial charge in [0.15, 0.2) is 0 Å². The molecule has 17 heavy (non-hydrogen) atoms. The van der Waals surface area contributed by atoms with Crippen LogP contribution in [0, 0.1) is 5.92 Å². The van der Waals surface area contributed by atoms with E-state index < -0.39 is 0 Å². The molecule has 0 aromatic carbocycles. The van der Waals surface area contributed by atoms with Gasteiger partial charge in [0.25, 0.3) is 0 Å². The van der Waals surface area contributed by atoms with E-state index in [1.165, 1.54) is 19.3 Å². The molecular formula is C14H23BO2. The van der Waals surface area contributed by atoms with Crippen LogP contribution in [0.5, 0.6) is 0 Å². The summed E-state index contributed by atoms with van der Waals surface area (Å²) in [6, 6.07) is 0. The van der Waals surface area contributed by atoms with Crippen molar-refractivity contribution in [2.24, 2.45) is 5.92 Å². The first-order valence-corrected chi connectivity index (χ1v) is 6.54. The Balaban J connectivity index is 2.08. The molecule has 0 saturated carbocycles. The van der Waals surface area contributed by atoms with Gasteiger partial charge in [0.2, 0.25) is 0 Å². The Bertz CT molecular complexity index is 328. The lowest BCUT2D eigenvalue weighted by atomic mass is 9.69. The van der Waals surface area contributed by atoms with Gasteiger partial charge in [0.05, 0.1) is 11.2 Å². The monoisotopic (exact) mass is 234 g/mol. The number of hydrogen-bond donors (Lipinski definition) is 0. The van der Waals surface area contributed by atoms with Crippen LogP contribution in [-0.2, 0) is 9.31 Å². The summed E-state index contributed by atoms with van der Waals surface area (Å²) in [4.78, 5) is 0. The van der Waals surface area contributed by atoms with Crippen molar-refractivity contribution >= 4 is 7.12 Å². The van der Waals surface area contributed by atoms with Crippen molar-refractivity contribution in [3.8, 4) is 0 Å². The van der Waals surface area contributed by atoms with E-state index >= 15 is 0 Å². The third kappa shape index (κ3) is 2.36. The van der Waals surface area contributed by atoms with Crippen molar-refractivity contribution in [2.75, 3.05) is 0 Å². The fourth-order valence-corrected chi connectivity index (χ4v) is 2.29. The van der Waals surface area contributed by atoms with E-state index in [1.807, 2.05) is 0 Å². The molecule has 0 radical (unpaired) electrons. The average molecular weight is 234 g/mol. The highest BCUT2D eigenvalue weighted by Crippen LogP contribution is 2.40. The van der Waals surface area contributed by atoms with Crippen molar-refractivity contribution in [1.29, 1.82) is 0 Å². The Morgan fingerprint density at radius 2 is 1.82 bits per heavy atom. The molecule has 0 spiro atoms. The molecule has 0 amide bonds. The van der Waals surface area contributed by atoms with Crippen LogP contribution in [0.2, 0.25) is 0 Å². The summed E-state index contributed by atoms with van der Waals surface area (Å²) in [7, 11) is -0.257. The molecule has 1 aliphatic heterocycles. The zero-order valence-corrected chi connectivity index (χ0v) is 11.5. The van der Waals surface area contributed by atoms with Crippen LogP contribution in [-0.4, -0.2) is 18.3 Å². The van der Waals surface area contributed by atoms with Crippen LogP contribution in [0.15, 0.2) is 24.2 Å². The Morgan fingerprint density at radius 3 is 2.29 bits per heavy atom. The molecule has 0 aromatic rings. The second kappa shape index (κ2) is 4.29. The summed E-state index contributed by atoms with van der Waals surface area (Å²) in [6.45, 7) is 12.5. The molecule has 3 heteroatoms. The standard InChI is InChI=1S/C14H23BO2/c1-11(12-9-7-6-8-10-12)15-16-13(2,3)14(4,5)17-15/h7,9,12H,1,6,8,10H2,2-5H3. The first-order valence-electron chi connectivity index (χ1n) is 6.54. The van der Waals surface area contributed by atoms with Crippen molar-refractivity contribution < 1.29 is 9.31 Å². The summed E-state index contributed by atoms with van der Waals surface area (Å²) in [6.07, 6.45) is 8.08. The molecule has 1 aliphatic carbocycles. The van der Waals surface area contributed by atoms with Gasteiger partial charge >= 0.3 is 7.12 Å². The van der Waals surface area contributed by atoms with Crippen LogP contribution >= 0.6 is 0 Å². The number of hydrogen-bond acceptors (Lipinski definition) is 2. The fourth-order valence-electron chi connectivity index (χ4n) is 2.29. The van der Waals surface area contributed by atoms with Crippen LogP contribution in [0.1, 0.15) is 47.0 Å². The minimum Gasteiger partial charge on any atom is -0.400 e. The first kappa shape index (κ1) is 12.9. The van der Waals surface area contributed by atoms with Gasteiger partial charge in [-0.05, 0) is 58.3 Å². The van der Waals surface area contributed by atoms with E-state index in [-0.39, 0.29) is 18.3 Å². The summed E-state index contributed by atoms with van der Waals surface area (Å²) >= 11 is 0. The van der Waals surface area contributed by atoms with Crippen molar-refractivity contribution in [3.05, 3.63) is 24.2 Å². The van der Waals surface area contributed by atoms with Gasteiger partial charge in [-0.15, -0.1) is 6.58 Å². The minimum absolute atomic E-state index is 0.257. The predicted octanol–water partition coefficient (Wildman–Crippen LogP) is 3.53. The van der Waals surface area contributed by atoms with Gasteiger partial charge in [-0.1, -0.05) is 12.2 Å². The van der Waals surface area contributed by atoms with Crippen LogP contribution in [0.25, 0.3) is 0 Å². The summed E-state index contributed by atoms with van der Waals surface area (Å²) in [5.41, 5.74) is 0.539. The zero-order valence-electron chi connectivity index (χ0n) is 11.5. The van der Waals surface area contributed by atoms with Gasteiger partial charge in [-0.2, -0.15) is 0 Å². The van der Waals surface area contributed by atoms with Crippen molar-refractivity contribution in [2.45, 2.75) is 58.2 Å². The molecule has 2 aliphatic rings. The summed E-state index contributed by atoms with van der Waals surface area (Å²) in [5, 5.41) is 0. The molecule has 1 atom stereocenters. The van der Waals surface area contributed by atoms with Gasteiger partial charge in [-0.3, -0.25) is 0 Å². The van der Waals surface area contributed by atoms with Crippen LogP contribution in [0.3, 0.4) is 0 Å². The molecule has 1 saturated heterocycles. The largest absolute Gasteiger partial charge is 0.490 e. The van der Waals surface area contributed by atoms with E-state index in [2.05, 4.69) is 46.4 Å². The Morgan fingerprint density at radius 1 is 1.24 bits per heavy atom. The van der Waals surface area contributed by atoms with Crippen LogP contribution < -0.4 is 0 Å². The number of allylic oxidation sites excluding steroid dienone is 3. The maximum Gasteiger partial charge on any atom is 0.490 e. The van der Waals surface area contributed by atoms with Gasteiger partial charge in [-0.25, -0.2) is 0 Å². The lowest BCUT2D eigenvalue weighted by molar-refractivity contribution is 0.00578. The lowest BCUT2D eigenvalue weighted by Gasteiger charge is -2.32. The van der Waals surface area contributed by atoms with Crippen molar-refractivity contribution in [3.63, 3.8) is 0 Å². The maximum atomic E-state index is 6.02. The maximum absolute atomic E-state index is 6.02. The minimum atomic E-state index is -0.265. The van der Waals surface area contributed by atoms with E-state index in [9.17, 15) is 0 Å². The van der Waals surface area contributed by atoms with Gasteiger partial charge in [0, 0.05) is 0 Å². The molecule has 1 fully saturated rings. The Hall–Kier alpha value is -0.535. The average Bonchev–Trinajstić information content (AvgIpc) is 2.48. The SMILES string of the molecule is C=C(B1OC(C)(C)C(C)(C)O1)C1C=CCCC1. The topological polar surface area (TPSA) is 18.5 Å². The highest BCUT2D eigenvalue weighted by molar-refractivity contribution is 6.54. The second-order valence-corrected chi connectivity index (χ2v) is 6.13. The van der Waals surface area contributed by atoms with Crippen molar-refractivity contribution in [1.82, 2.24) is 0 Å². The summed E-state index contributed by atoms with van der Waals surface area (Å²) in [5.74, 6) is 0.415. The zero-order chi connectivity index (χ0) is 12.7. The molecule has 94 valence electrons. The molecule has 1 unspecified atom stereocenters. The molecule has 1 heterocycles. The third-order valence-corrected chi connectivity index (χ3v) is 4.29. The Labute approximate surface area is 105 Å². The molecule has 2 rings (SSSR count). The van der Waals surface area contributed by atoms with Gasteiger partial charge < -0.3 is 9.31 Å². The van der Waals surface area contributed by atoms with E-state index in [0.717, 1.165) is 5.47 Å². The van der Waals surface area contributed by atoms with E-state index in [0.29, 0.717) is 5.92 Å². The highest BCUT2D eigenvalue weighted by Gasteiger charge is 2.52.